The third-order valence-corrected chi connectivity index (χ3v) is 2.19. The smallest absolute Gasteiger partial charge is 0.422 e. The van der Waals surface area contributed by atoms with Crippen LogP contribution in [0.15, 0.2) is 18.2 Å². The summed E-state index contributed by atoms with van der Waals surface area (Å²) in [6, 6.07) is 4.02. The quantitative estimate of drug-likeness (QED) is 0.897. The second kappa shape index (κ2) is 4.93. The first-order chi connectivity index (χ1) is 7.29. The van der Waals surface area contributed by atoms with Crippen molar-refractivity contribution in [2.24, 2.45) is 5.73 Å². The molecule has 0 saturated carbocycles. The predicted molar refractivity (Wildman–Crippen MR) is 55.6 cm³/mol. The van der Waals surface area contributed by atoms with Crippen LogP contribution in [0.3, 0.4) is 0 Å². The van der Waals surface area contributed by atoms with Gasteiger partial charge >= 0.3 is 6.18 Å². The fraction of sp³-hybridized carbons (Fsp3) is 0.400. The molecule has 0 bridgehead atoms. The van der Waals surface area contributed by atoms with Crippen LogP contribution in [0.2, 0.25) is 5.02 Å². The molecule has 0 radical (unpaired) electrons. The van der Waals surface area contributed by atoms with E-state index in [0.717, 1.165) is 0 Å². The molecule has 1 unspecified atom stereocenters. The van der Waals surface area contributed by atoms with Gasteiger partial charge in [0, 0.05) is 11.1 Å². The molecular weight excluding hydrogens is 243 g/mol. The summed E-state index contributed by atoms with van der Waals surface area (Å²) in [6.07, 6.45) is -4.35. The van der Waals surface area contributed by atoms with Crippen LogP contribution in [0, 0.1) is 0 Å². The monoisotopic (exact) mass is 253 g/mol. The van der Waals surface area contributed by atoms with Crippen molar-refractivity contribution < 1.29 is 17.9 Å². The van der Waals surface area contributed by atoms with E-state index < -0.39 is 12.8 Å². The van der Waals surface area contributed by atoms with E-state index in [4.69, 9.17) is 17.3 Å². The SMILES string of the molecule is CC(N)c1ccc(OCC(F)(F)F)cc1Cl. The van der Waals surface area contributed by atoms with Gasteiger partial charge in [-0.2, -0.15) is 13.2 Å². The number of hydrogen-bond donors (Lipinski definition) is 1. The van der Waals surface area contributed by atoms with Crippen LogP contribution in [-0.2, 0) is 0 Å². The van der Waals surface area contributed by atoms with Crippen molar-refractivity contribution in [3.05, 3.63) is 28.8 Å². The molecule has 1 aromatic rings. The van der Waals surface area contributed by atoms with Crippen molar-refractivity contribution in [1.29, 1.82) is 0 Å². The average Bonchev–Trinajstić information content (AvgIpc) is 2.13. The minimum Gasteiger partial charge on any atom is -0.484 e. The Morgan fingerprint density at radius 2 is 2.06 bits per heavy atom. The summed E-state index contributed by atoms with van der Waals surface area (Å²) < 4.78 is 40.1. The Morgan fingerprint density at radius 3 is 2.50 bits per heavy atom. The van der Waals surface area contributed by atoms with E-state index in [2.05, 4.69) is 4.74 Å². The molecule has 0 amide bonds. The second-order valence-corrected chi connectivity index (χ2v) is 3.78. The molecule has 0 aliphatic rings. The largest absolute Gasteiger partial charge is 0.484 e. The molecule has 2 nitrogen and oxygen atoms in total. The van der Waals surface area contributed by atoms with Crippen LogP contribution in [0.4, 0.5) is 13.2 Å². The lowest BCUT2D eigenvalue weighted by molar-refractivity contribution is -0.153. The highest BCUT2D eigenvalue weighted by atomic mass is 35.5. The molecule has 0 aliphatic carbocycles. The van der Waals surface area contributed by atoms with E-state index in [1.165, 1.54) is 12.1 Å². The normalized spacial score (nSPS) is 13.6. The lowest BCUT2D eigenvalue weighted by Crippen LogP contribution is -2.19. The van der Waals surface area contributed by atoms with Gasteiger partial charge in [0.25, 0.3) is 0 Å². The van der Waals surface area contributed by atoms with Crippen LogP contribution in [0.1, 0.15) is 18.5 Å². The Hall–Kier alpha value is -0.940. The van der Waals surface area contributed by atoms with E-state index in [1.54, 1.807) is 13.0 Å². The molecule has 1 atom stereocenters. The lowest BCUT2D eigenvalue weighted by Gasteiger charge is -2.12. The molecule has 0 heterocycles. The maximum Gasteiger partial charge on any atom is 0.422 e. The van der Waals surface area contributed by atoms with Crippen molar-refractivity contribution in [1.82, 2.24) is 0 Å². The molecule has 0 spiro atoms. The fourth-order valence-corrected chi connectivity index (χ4v) is 1.47. The van der Waals surface area contributed by atoms with Crippen molar-refractivity contribution in [2.45, 2.75) is 19.1 Å². The number of benzene rings is 1. The van der Waals surface area contributed by atoms with E-state index in [1.807, 2.05) is 0 Å². The highest BCUT2D eigenvalue weighted by Gasteiger charge is 2.28. The Labute approximate surface area is 96.1 Å². The van der Waals surface area contributed by atoms with Crippen molar-refractivity contribution in [3.63, 3.8) is 0 Å². The van der Waals surface area contributed by atoms with Crippen LogP contribution >= 0.6 is 11.6 Å². The van der Waals surface area contributed by atoms with Crippen molar-refractivity contribution in [3.8, 4) is 5.75 Å². The molecule has 6 heteroatoms. The number of rotatable bonds is 3. The molecule has 0 saturated heterocycles. The Balaban J connectivity index is 2.74. The van der Waals surface area contributed by atoms with Crippen LogP contribution < -0.4 is 10.5 Å². The van der Waals surface area contributed by atoms with E-state index in [0.29, 0.717) is 10.6 Å². The first kappa shape index (κ1) is 13.1. The van der Waals surface area contributed by atoms with Gasteiger partial charge in [-0.1, -0.05) is 17.7 Å². The summed E-state index contributed by atoms with van der Waals surface area (Å²) in [5.41, 5.74) is 6.27. The number of nitrogens with two attached hydrogens (primary N) is 1. The third kappa shape index (κ3) is 3.90. The first-order valence-electron chi connectivity index (χ1n) is 4.54. The number of ether oxygens (including phenoxy) is 1. The molecule has 2 N–H and O–H groups in total. The summed E-state index contributed by atoms with van der Waals surface area (Å²) in [6.45, 7) is 0.401. The van der Waals surface area contributed by atoms with Gasteiger partial charge in [-0.05, 0) is 24.6 Å². The van der Waals surface area contributed by atoms with Crippen LogP contribution in [0.25, 0.3) is 0 Å². The van der Waals surface area contributed by atoms with Gasteiger partial charge in [0.2, 0.25) is 0 Å². The Kier molecular flexibility index (Phi) is 4.04. The maximum absolute atomic E-state index is 11.9. The number of halogens is 4. The second-order valence-electron chi connectivity index (χ2n) is 3.38. The van der Waals surface area contributed by atoms with Crippen molar-refractivity contribution >= 4 is 11.6 Å². The standard InChI is InChI=1S/C10H11ClF3NO/c1-6(15)8-3-2-7(4-9(8)11)16-5-10(12,13)14/h2-4,6H,5,15H2,1H3. The van der Waals surface area contributed by atoms with Gasteiger partial charge in [-0.25, -0.2) is 0 Å². The van der Waals surface area contributed by atoms with Gasteiger partial charge in [0.1, 0.15) is 5.75 Å². The molecule has 0 aromatic heterocycles. The fourth-order valence-electron chi connectivity index (χ4n) is 1.13. The first-order valence-corrected chi connectivity index (χ1v) is 4.92. The van der Waals surface area contributed by atoms with Crippen LogP contribution in [-0.4, -0.2) is 12.8 Å². The Bertz CT molecular complexity index is 366. The van der Waals surface area contributed by atoms with Gasteiger partial charge in [-0.15, -0.1) is 0 Å². The van der Waals surface area contributed by atoms with E-state index in [9.17, 15) is 13.2 Å². The molecule has 1 aromatic carbocycles. The summed E-state index contributed by atoms with van der Waals surface area (Å²) in [5.74, 6) is 0.0757. The predicted octanol–water partition coefficient (Wildman–Crippen LogP) is 3.30. The topological polar surface area (TPSA) is 35.2 Å². The third-order valence-electron chi connectivity index (χ3n) is 1.86. The minimum atomic E-state index is -4.35. The molecule has 0 fully saturated rings. The summed E-state index contributed by atoms with van der Waals surface area (Å²) >= 11 is 5.83. The van der Waals surface area contributed by atoms with Crippen LogP contribution in [0.5, 0.6) is 5.75 Å². The van der Waals surface area contributed by atoms with E-state index in [-0.39, 0.29) is 11.8 Å². The number of hydrogen-bond acceptors (Lipinski definition) is 2. The molecule has 16 heavy (non-hydrogen) atoms. The van der Waals surface area contributed by atoms with E-state index >= 15 is 0 Å². The number of alkyl halides is 3. The minimum absolute atomic E-state index is 0.0757. The summed E-state index contributed by atoms with van der Waals surface area (Å²) in [5, 5.41) is 0.301. The van der Waals surface area contributed by atoms with Gasteiger partial charge < -0.3 is 10.5 Å². The molecule has 0 aliphatic heterocycles. The summed E-state index contributed by atoms with van der Waals surface area (Å²) in [4.78, 5) is 0. The maximum atomic E-state index is 11.9. The van der Waals surface area contributed by atoms with Crippen molar-refractivity contribution in [2.75, 3.05) is 6.61 Å². The molecule has 90 valence electrons. The zero-order valence-electron chi connectivity index (χ0n) is 8.51. The zero-order chi connectivity index (χ0) is 12.3. The zero-order valence-corrected chi connectivity index (χ0v) is 9.27. The summed E-state index contributed by atoms with van der Waals surface area (Å²) in [7, 11) is 0. The highest BCUT2D eigenvalue weighted by Crippen LogP contribution is 2.27. The highest BCUT2D eigenvalue weighted by molar-refractivity contribution is 6.31. The average molecular weight is 254 g/mol. The van der Waals surface area contributed by atoms with Gasteiger partial charge in [-0.3, -0.25) is 0 Å². The lowest BCUT2D eigenvalue weighted by atomic mass is 10.1. The molecular formula is C10H11ClF3NO. The Morgan fingerprint density at radius 1 is 1.44 bits per heavy atom. The molecule has 1 rings (SSSR count). The van der Waals surface area contributed by atoms with Gasteiger partial charge in [0.15, 0.2) is 6.61 Å². The van der Waals surface area contributed by atoms with Gasteiger partial charge in [0.05, 0.1) is 0 Å².